The molecule has 1 N–H and O–H groups in total. The summed E-state index contributed by atoms with van der Waals surface area (Å²) in [5.41, 5.74) is 2.47. The maximum absolute atomic E-state index is 14.3. The molecule has 1 spiro atoms. The van der Waals surface area contributed by atoms with E-state index in [9.17, 15) is 19.7 Å². The molecule has 1 aromatic heterocycles. The molecule has 0 aliphatic carbocycles. The number of fused-ring (bicyclic) bond motifs is 4. The number of nitrogens with zero attached hydrogens (tertiary/aromatic N) is 3. The number of non-ortho nitro benzene ring substituents is 1. The first-order chi connectivity index (χ1) is 16.9. The van der Waals surface area contributed by atoms with Crippen LogP contribution < -0.4 is 5.32 Å². The normalized spacial score (nSPS) is 27.0. The molecule has 176 valence electrons. The van der Waals surface area contributed by atoms with Crippen LogP contribution in [0.4, 0.5) is 11.4 Å². The average Bonchev–Trinajstić information content (AvgIpc) is 3.53. The number of carbonyl (C=O) groups excluding carboxylic acids is 2. The molecule has 3 aromatic rings. The second-order valence-corrected chi connectivity index (χ2v) is 10.2. The van der Waals surface area contributed by atoms with Crippen molar-refractivity contribution in [2.75, 3.05) is 16.9 Å². The lowest BCUT2D eigenvalue weighted by Crippen LogP contribution is -2.52. The van der Waals surface area contributed by atoms with E-state index in [2.05, 4.69) is 15.2 Å². The van der Waals surface area contributed by atoms with E-state index < -0.39 is 16.4 Å². The molecule has 0 radical (unpaired) electrons. The number of aromatic nitrogens is 1. The molecule has 0 saturated carbocycles. The second-order valence-electron chi connectivity index (χ2n) is 9.24. The zero-order chi connectivity index (χ0) is 24.3. The molecule has 3 aliphatic heterocycles. The molecule has 2 saturated heterocycles. The smallest absolute Gasteiger partial charge is 0.269 e. The van der Waals surface area contributed by atoms with Crippen LogP contribution in [0.15, 0.2) is 66.9 Å². The van der Waals surface area contributed by atoms with Gasteiger partial charge in [0.15, 0.2) is 5.78 Å². The Balaban J connectivity index is 1.60. The third-order valence-corrected chi connectivity index (χ3v) is 8.50. The van der Waals surface area contributed by atoms with Gasteiger partial charge in [0.1, 0.15) is 11.2 Å². The van der Waals surface area contributed by atoms with E-state index in [1.54, 1.807) is 48.3 Å². The number of hydrogen-bond acceptors (Lipinski definition) is 7. The highest BCUT2D eigenvalue weighted by Crippen LogP contribution is 2.61. The van der Waals surface area contributed by atoms with Gasteiger partial charge in [0.25, 0.3) is 5.69 Å². The number of carbonyl (C=O) groups is 2. The molecule has 0 bridgehead atoms. The summed E-state index contributed by atoms with van der Waals surface area (Å²) in [7, 11) is 0. The van der Waals surface area contributed by atoms with Gasteiger partial charge in [-0.25, -0.2) is 0 Å². The Kier molecular flexibility index (Phi) is 5.01. The number of rotatable bonds is 4. The van der Waals surface area contributed by atoms with Gasteiger partial charge in [-0.3, -0.25) is 29.6 Å². The van der Waals surface area contributed by atoms with Gasteiger partial charge < -0.3 is 5.32 Å². The van der Waals surface area contributed by atoms with Crippen molar-refractivity contribution < 1.29 is 14.5 Å². The first kappa shape index (κ1) is 21.9. The number of nitrogens with one attached hydrogen (secondary N) is 1. The Bertz CT molecular complexity index is 1360. The highest BCUT2D eigenvalue weighted by molar-refractivity contribution is 7.99. The number of thioether (sulfide) groups is 1. The number of hydrogen-bond donors (Lipinski definition) is 1. The minimum absolute atomic E-state index is 0.00806. The van der Waals surface area contributed by atoms with Crippen molar-refractivity contribution in [3.63, 3.8) is 0 Å². The lowest BCUT2D eigenvalue weighted by molar-refractivity contribution is -0.384. The Hall–Kier alpha value is -3.56. The number of Topliss-reactive ketones (excluding diaryl/α,β-unsaturated/α-hetero) is 1. The summed E-state index contributed by atoms with van der Waals surface area (Å²) in [6.45, 7) is 1.98. The van der Waals surface area contributed by atoms with E-state index >= 15 is 0 Å². The Labute approximate surface area is 205 Å². The third kappa shape index (κ3) is 3.08. The molecule has 4 heterocycles. The quantitative estimate of drug-likeness (QED) is 0.336. The molecule has 2 fully saturated rings. The van der Waals surface area contributed by atoms with E-state index in [0.717, 1.165) is 28.1 Å². The van der Waals surface area contributed by atoms with Crippen LogP contribution in [0.5, 0.6) is 0 Å². The van der Waals surface area contributed by atoms with Crippen molar-refractivity contribution in [2.24, 2.45) is 5.92 Å². The molecule has 2 aromatic carbocycles. The van der Waals surface area contributed by atoms with Gasteiger partial charge in [0, 0.05) is 53.2 Å². The summed E-state index contributed by atoms with van der Waals surface area (Å²) in [6, 6.07) is 17.4. The summed E-state index contributed by atoms with van der Waals surface area (Å²) in [5.74, 6) is -0.113. The number of ketones is 1. The molecule has 4 atom stereocenters. The predicted molar refractivity (Wildman–Crippen MR) is 132 cm³/mol. The van der Waals surface area contributed by atoms with Crippen molar-refractivity contribution >= 4 is 34.8 Å². The van der Waals surface area contributed by atoms with E-state index in [1.807, 2.05) is 25.1 Å². The van der Waals surface area contributed by atoms with Gasteiger partial charge in [0.2, 0.25) is 5.91 Å². The first-order valence-corrected chi connectivity index (χ1v) is 12.5. The molecule has 3 aliphatic rings. The summed E-state index contributed by atoms with van der Waals surface area (Å²) < 4.78 is 0. The standard InChI is InChI=1S/C26H22N4O4S/c1-15-5-10-19-18(12-15)26(25(32)28-19)23(24(31)20-4-2-3-11-27-20)22(21-13-35-14-29(21)26)16-6-8-17(9-7-16)30(33)34/h2-12,21-23H,13-14H2,1H3,(H,28,32)/t21-,22+,23-,26-/m1/s1. The highest BCUT2D eigenvalue weighted by Gasteiger charge is 2.69. The fraction of sp³-hybridized carbons (Fsp3) is 0.269. The Morgan fingerprint density at radius 1 is 1.20 bits per heavy atom. The number of pyridine rings is 1. The molecular formula is C26H22N4O4S. The lowest BCUT2D eigenvalue weighted by Gasteiger charge is -2.36. The summed E-state index contributed by atoms with van der Waals surface area (Å²) in [6.07, 6.45) is 1.58. The van der Waals surface area contributed by atoms with Crippen LogP contribution in [0.2, 0.25) is 0 Å². The summed E-state index contributed by atoms with van der Waals surface area (Å²) in [5, 5.41) is 14.3. The Morgan fingerprint density at radius 2 is 2.00 bits per heavy atom. The van der Waals surface area contributed by atoms with Gasteiger partial charge in [-0.15, -0.1) is 11.8 Å². The molecule has 8 nitrogen and oxygen atoms in total. The minimum Gasteiger partial charge on any atom is -0.324 e. The Morgan fingerprint density at radius 3 is 2.71 bits per heavy atom. The third-order valence-electron chi connectivity index (χ3n) is 7.46. The van der Waals surface area contributed by atoms with Crippen LogP contribution in [0, 0.1) is 23.0 Å². The van der Waals surface area contributed by atoms with E-state index in [0.29, 0.717) is 11.6 Å². The van der Waals surface area contributed by atoms with Gasteiger partial charge in [-0.1, -0.05) is 35.9 Å². The van der Waals surface area contributed by atoms with Crippen molar-refractivity contribution in [2.45, 2.75) is 24.4 Å². The molecule has 6 rings (SSSR count). The molecule has 9 heteroatoms. The van der Waals surface area contributed by atoms with Gasteiger partial charge in [0.05, 0.1) is 10.8 Å². The maximum Gasteiger partial charge on any atom is 0.269 e. The predicted octanol–water partition coefficient (Wildman–Crippen LogP) is 4.12. The van der Waals surface area contributed by atoms with Crippen LogP contribution in [0.25, 0.3) is 0 Å². The highest BCUT2D eigenvalue weighted by atomic mass is 32.2. The zero-order valence-electron chi connectivity index (χ0n) is 18.9. The SMILES string of the molecule is Cc1ccc2c(c1)[C@]1(C(=O)N2)[C@@H](C(=O)c2ccccn2)[C@@H](c2ccc([N+](=O)[O-])cc2)[C@H]2CSCN21. The minimum atomic E-state index is -1.18. The second kappa shape index (κ2) is 8.00. The molecule has 0 unspecified atom stereocenters. The number of amides is 1. The fourth-order valence-electron chi connectivity index (χ4n) is 6.05. The number of benzene rings is 2. The molecular weight excluding hydrogens is 464 g/mol. The number of nitro benzene ring substituents is 1. The topological polar surface area (TPSA) is 105 Å². The number of aryl methyl sites for hydroxylation is 1. The van der Waals surface area contributed by atoms with Gasteiger partial charge in [-0.2, -0.15) is 0 Å². The van der Waals surface area contributed by atoms with E-state index in [-0.39, 0.29) is 29.3 Å². The van der Waals surface area contributed by atoms with Gasteiger partial charge in [-0.05, 0) is 30.7 Å². The largest absolute Gasteiger partial charge is 0.324 e. The zero-order valence-corrected chi connectivity index (χ0v) is 19.7. The van der Waals surface area contributed by atoms with Gasteiger partial charge >= 0.3 is 0 Å². The first-order valence-electron chi connectivity index (χ1n) is 11.4. The van der Waals surface area contributed by atoms with Crippen molar-refractivity contribution in [3.8, 4) is 0 Å². The van der Waals surface area contributed by atoms with Crippen LogP contribution in [-0.2, 0) is 10.3 Å². The summed E-state index contributed by atoms with van der Waals surface area (Å²) >= 11 is 1.73. The molecule has 35 heavy (non-hydrogen) atoms. The van der Waals surface area contributed by atoms with Crippen LogP contribution in [-0.4, -0.2) is 44.2 Å². The lowest BCUT2D eigenvalue weighted by atomic mass is 9.70. The maximum atomic E-state index is 14.3. The monoisotopic (exact) mass is 486 g/mol. The van der Waals surface area contributed by atoms with Crippen LogP contribution in [0.3, 0.4) is 0 Å². The fourth-order valence-corrected chi connectivity index (χ4v) is 7.37. The summed E-state index contributed by atoms with van der Waals surface area (Å²) in [4.78, 5) is 45.6. The van der Waals surface area contributed by atoms with Crippen LogP contribution in [0.1, 0.15) is 33.1 Å². The van der Waals surface area contributed by atoms with Crippen LogP contribution >= 0.6 is 11.8 Å². The number of anilines is 1. The molecule has 1 amide bonds. The van der Waals surface area contributed by atoms with Crippen molar-refractivity contribution in [1.82, 2.24) is 9.88 Å². The average molecular weight is 487 g/mol. The van der Waals surface area contributed by atoms with Crippen molar-refractivity contribution in [3.05, 3.63) is 99.4 Å². The van der Waals surface area contributed by atoms with E-state index in [1.165, 1.54) is 12.1 Å². The number of nitro groups is 1. The van der Waals surface area contributed by atoms with Crippen molar-refractivity contribution in [1.29, 1.82) is 0 Å². The van der Waals surface area contributed by atoms with E-state index in [4.69, 9.17) is 0 Å².